The predicted molar refractivity (Wildman–Crippen MR) is 85.8 cm³/mol. The van der Waals surface area contributed by atoms with Gasteiger partial charge < -0.3 is 10.1 Å². The molecule has 0 spiro atoms. The summed E-state index contributed by atoms with van der Waals surface area (Å²) < 4.78 is 45.0. The predicted octanol–water partition coefficient (Wildman–Crippen LogP) is 1.41. The number of likely N-dealkylation sites (N-methyl/N-ethyl adjacent to an activating group) is 1. The van der Waals surface area contributed by atoms with Crippen LogP contribution in [0.3, 0.4) is 0 Å². The summed E-state index contributed by atoms with van der Waals surface area (Å²) in [5.74, 6) is -1.56. The van der Waals surface area contributed by atoms with Gasteiger partial charge in [-0.1, -0.05) is 0 Å². The Hall–Kier alpha value is -1.22. The fraction of sp³-hybridized carbons (Fsp3) is 0.500. The summed E-state index contributed by atoms with van der Waals surface area (Å²) in [7, 11) is -1.01. The highest BCUT2D eigenvalue weighted by Gasteiger charge is 2.37. The number of hydrogen-bond donors (Lipinski definition) is 1. The van der Waals surface area contributed by atoms with E-state index in [0.29, 0.717) is 13.1 Å². The third-order valence-electron chi connectivity index (χ3n) is 3.70. The minimum absolute atomic E-state index is 0. The summed E-state index contributed by atoms with van der Waals surface area (Å²) in [6, 6.07) is 2.86. The van der Waals surface area contributed by atoms with Crippen LogP contribution in [0.4, 0.5) is 4.39 Å². The Labute approximate surface area is 141 Å². The van der Waals surface area contributed by atoms with Crippen LogP contribution in [-0.4, -0.2) is 52.0 Å². The molecule has 1 atom stereocenters. The number of hydrogen-bond acceptors (Lipinski definition) is 5. The van der Waals surface area contributed by atoms with Crippen LogP contribution in [0.25, 0.3) is 0 Å². The van der Waals surface area contributed by atoms with Crippen molar-refractivity contribution in [1.82, 2.24) is 9.62 Å². The number of nitrogens with zero attached hydrogens (tertiary/aromatic N) is 1. The molecule has 0 saturated carbocycles. The fourth-order valence-corrected chi connectivity index (χ4v) is 4.54. The SMILES string of the molecule is CNCC1CCCN1S(=O)(=O)c1ccc(F)cc1C(=O)OC.Cl. The van der Waals surface area contributed by atoms with Gasteiger partial charge in [0, 0.05) is 19.1 Å². The molecule has 1 heterocycles. The molecule has 1 aromatic rings. The van der Waals surface area contributed by atoms with E-state index in [1.807, 2.05) is 0 Å². The van der Waals surface area contributed by atoms with Gasteiger partial charge in [-0.15, -0.1) is 12.4 Å². The highest BCUT2D eigenvalue weighted by Crippen LogP contribution is 2.28. The van der Waals surface area contributed by atoms with Crippen LogP contribution in [-0.2, 0) is 14.8 Å². The summed E-state index contributed by atoms with van der Waals surface area (Å²) in [6.07, 6.45) is 1.50. The highest BCUT2D eigenvalue weighted by atomic mass is 35.5. The minimum Gasteiger partial charge on any atom is -0.465 e. The van der Waals surface area contributed by atoms with Gasteiger partial charge in [-0.2, -0.15) is 4.31 Å². The second-order valence-electron chi connectivity index (χ2n) is 5.10. The number of benzene rings is 1. The van der Waals surface area contributed by atoms with E-state index < -0.39 is 21.8 Å². The minimum atomic E-state index is -3.89. The van der Waals surface area contributed by atoms with Crippen molar-refractivity contribution >= 4 is 28.4 Å². The molecular weight excluding hydrogens is 347 g/mol. The zero-order valence-electron chi connectivity index (χ0n) is 12.9. The van der Waals surface area contributed by atoms with Crippen LogP contribution in [0.15, 0.2) is 23.1 Å². The van der Waals surface area contributed by atoms with Crippen molar-refractivity contribution < 1.29 is 22.3 Å². The Morgan fingerprint density at radius 3 is 2.78 bits per heavy atom. The molecule has 1 aliphatic heterocycles. The van der Waals surface area contributed by atoms with Gasteiger partial charge in [-0.05, 0) is 38.1 Å². The smallest absolute Gasteiger partial charge is 0.339 e. The maximum Gasteiger partial charge on any atom is 0.339 e. The quantitative estimate of drug-likeness (QED) is 0.797. The van der Waals surface area contributed by atoms with E-state index in [4.69, 9.17) is 0 Å². The second-order valence-corrected chi connectivity index (χ2v) is 6.96. The largest absolute Gasteiger partial charge is 0.465 e. The Morgan fingerprint density at radius 2 is 2.17 bits per heavy atom. The molecule has 1 aliphatic rings. The molecule has 9 heteroatoms. The summed E-state index contributed by atoms with van der Waals surface area (Å²) in [5, 5.41) is 2.96. The molecule has 0 bridgehead atoms. The molecular formula is C14H20ClFN2O4S. The van der Waals surface area contributed by atoms with Crippen LogP contribution < -0.4 is 5.32 Å². The zero-order valence-corrected chi connectivity index (χ0v) is 14.5. The molecule has 1 aromatic carbocycles. The number of halogens is 2. The maximum atomic E-state index is 13.4. The first kappa shape index (κ1) is 19.8. The van der Waals surface area contributed by atoms with Gasteiger partial charge in [0.1, 0.15) is 5.82 Å². The molecule has 0 aliphatic carbocycles. The van der Waals surface area contributed by atoms with Crippen molar-refractivity contribution in [3.8, 4) is 0 Å². The van der Waals surface area contributed by atoms with Gasteiger partial charge in [-0.3, -0.25) is 0 Å². The Bertz CT molecular complexity index is 669. The number of carbonyl (C=O) groups excluding carboxylic acids is 1. The molecule has 23 heavy (non-hydrogen) atoms. The lowest BCUT2D eigenvalue weighted by atomic mass is 10.2. The van der Waals surface area contributed by atoms with Crippen molar-refractivity contribution in [2.75, 3.05) is 27.2 Å². The van der Waals surface area contributed by atoms with E-state index in [9.17, 15) is 17.6 Å². The highest BCUT2D eigenvalue weighted by molar-refractivity contribution is 7.89. The van der Waals surface area contributed by atoms with E-state index in [0.717, 1.165) is 38.2 Å². The average molecular weight is 367 g/mol. The van der Waals surface area contributed by atoms with E-state index in [-0.39, 0.29) is 28.9 Å². The van der Waals surface area contributed by atoms with Crippen LogP contribution >= 0.6 is 12.4 Å². The molecule has 1 unspecified atom stereocenters. The van der Waals surface area contributed by atoms with Crippen LogP contribution in [0, 0.1) is 5.82 Å². The average Bonchev–Trinajstić information content (AvgIpc) is 2.95. The number of methoxy groups -OCH3 is 1. The summed E-state index contributed by atoms with van der Waals surface area (Å²) in [5.41, 5.74) is -0.280. The molecule has 6 nitrogen and oxygen atoms in total. The Balaban J connectivity index is 0.00000264. The maximum absolute atomic E-state index is 13.4. The second kappa shape index (κ2) is 8.05. The van der Waals surface area contributed by atoms with Gasteiger partial charge >= 0.3 is 5.97 Å². The van der Waals surface area contributed by atoms with Gasteiger partial charge in [0.05, 0.1) is 17.6 Å². The molecule has 1 saturated heterocycles. The lowest BCUT2D eigenvalue weighted by Gasteiger charge is -2.24. The first-order valence-electron chi connectivity index (χ1n) is 6.96. The lowest BCUT2D eigenvalue weighted by molar-refractivity contribution is 0.0595. The summed E-state index contributed by atoms with van der Waals surface area (Å²) in [4.78, 5) is 11.6. The fourth-order valence-electron chi connectivity index (χ4n) is 2.69. The van der Waals surface area contributed by atoms with Crippen molar-refractivity contribution in [3.63, 3.8) is 0 Å². The summed E-state index contributed by atoms with van der Waals surface area (Å²) in [6.45, 7) is 0.903. The van der Waals surface area contributed by atoms with Crippen molar-refractivity contribution in [1.29, 1.82) is 0 Å². The first-order valence-corrected chi connectivity index (χ1v) is 8.40. The van der Waals surface area contributed by atoms with Crippen LogP contribution in [0.5, 0.6) is 0 Å². The molecule has 2 rings (SSSR count). The third kappa shape index (κ3) is 4.00. The van der Waals surface area contributed by atoms with Crippen molar-refractivity contribution in [3.05, 3.63) is 29.6 Å². The molecule has 130 valence electrons. The molecule has 1 fully saturated rings. The number of carbonyl (C=O) groups is 1. The van der Waals surface area contributed by atoms with Crippen molar-refractivity contribution in [2.45, 2.75) is 23.8 Å². The lowest BCUT2D eigenvalue weighted by Crippen LogP contribution is -2.41. The van der Waals surface area contributed by atoms with Gasteiger partial charge in [0.2, 0.25) is 10.0 Å². The zero-order chi connectivity index (χ0) is 16.3. The van der Waals surface area contributed by atoms with E-state index >= 15 is 0 Å². The monoisotopic (exact) mass is 366 g/mol. The van der Waals surface area contributed by atoms with Gasteiger partial charge in [-0.25, -0.2) is 17.6 Å². The van der Waals surface area contributed by atoms with Gasteiger partial charge in [0.25, 0.3) is 0 Å². The molecule has 0 radical (unpaired) electrons. The topological polar surface area (TPSA) is 75.7 Å². The van der Waals surface area contributed by atoms with Crippen molar-refractivity contribution in [2.24, 2.45) is 0 Å². The summed E-state index contributed by atoms with van der Waals surface area (Å²) >= 11 is 0. The number of esters is 1. The van der Waals surface area contributed by atoms with E-state index in [1.54, 1.807) is 7.05 Å². The normalized spacial score (nSPS) is 18.5. The number of rotatable bonds is 5. The Morgan fingerprint density at radius 1 is 1.48 bits per heavy atom. The molecule has 0 aromatic heterocycles. The van der Waals surface area contributed by atoms with Gasteiger partial charge in [0.15, 0.2) is 0 Å². The number of sulfonamides is 1. The number of nitrogens with one attached hydrogen (secondary N) is 1. The number of ether oxygens (including phenoxy) is 1. The molecule has 0 amide bonds. The third-order valence-corrected chi connectivity index (χ3v) is 5.71. The molecule has 1 N–H and O–H groups in total. The Kier molecular flexibility index (Phi) is 6.94. The van der Waals surface area contributed by atoms with Crippen LogP contribution in [0.2, 0.25) is 0 Å². The van der Waals surface area contributed by atoms with E-state index in [1.165, 1.54) is 4.31 Å². The van der Waals surface area contributed by atoms with Crippen LogP contribution in [0.1, 0.15) is 23.2 Å². The standard InChI is InChI=1S/C14H19FN2O4S.ClH/c1-16-9-11-4-3-7-17(11)22(19,20)13-6-5-10(15)8-12(13)14(18)21-2;/h5-6,8,11,16H,3-4,7,9H2,1-2H3;1H. The first-order chi connectivity index (χ1) is 10.4. The van der Waals surface area contributed by atoms with E-state index in [2.05, 4.69) is 10.1 Å².